The number of hydrogen-bond donors (Lipinski definition) is 0. The van der Waals surface area contributed by atoms with Gasteiger partial charge in [0, 0.05) is 31.3 Å². The molecule has 1 fully saturated rings. The van der Waals surface area contributed by atoms with Crippen molar-refractivity contribution in [1.82, 2.24) is 4.90 Å². The maximum atomic E-state index is 12.4. The molecule has 8 heteroatoms. The summed E-state index contributed by atoms with van der Waals surface area (Å²) in [6, 6.07) is 20.9. The van der Waals surface area contributed by atoms with Crippen LogP contribution in [0.3, 0.4) is 0 Å². The molecule has 1 saturated heterocycles. The molecule has 0 bridgehead atoms. The van der Waals surface area contributed by atoms with Gasteiger partial charge in [0.2, 0.25) is 0 Å². The molecule has 0 saturated carbocycles. The van der Waals surface area contributed by atoms with Crippen LogP contribution < -0.4 is 13.7 Å². The van der Waals surface area contributed by atoms with E-state index < -0.39 is 10.1 Å². The number of rotatable bonds is 8. The van der Waals surface area contributed by atoms with E-state index in [4.69, 9.17) is 18.4 Å². The van der Waals surface area contributed by atoms with E-state index in [-0.39, 0.29) is 16.7 Å². The van der Waals surface area contributed by atoms with Gasteiger partial charge in [0.15, 0.2) is 0 Å². The first kappa shape index (κ1) is 23.1. The quantitative estimate of drug-likeness (QED) is 0.461. The monoisotopic (exact) mass is 469 g/mol. The molecule has 7 nitrogen and oxygen atoms in total. The van der Waals surface area contributed by atoms with Crippen LogP contribution in [0.1, 0.15) is 17.2 Å². The van der Waals surface area contributed by atoms with Crippen LogP contribution in [-0.4, -0.2) is 47.2 Å². The molecule has 33 heavy (non-hydrogen) atoms. The molecule has 0 amide bonds. The molecule has 3 aromatic rings. The molecule has 0 radical (unpaired) electrons. The maximum Gasteiger partial charge on any atom is 0.339 e. The van der Waals surface area contributed by atoms with Gasteiger partial charge in [0.1, 0.15) is 22.1 Å². The van der Waals surface area contributed by atoms with Gasteiger partial charge in [0.25, 0.3) is 0 Å². The van der Waals surface area contributed by atoms with Crippen molar-refractivity contribution >= 4 is 10.1 Å². The van der Waals surface area contributed by atoms with Gasteiger partial charge in [-0.15, -0.1) is 0 Å². The number of morpholine rings is 1. The molecule has 4 rings (SSSR count). The molecule has 0 spiro atoms. The van der Waals surface area contributed by atoms with Crippen LogP contribution in [0.4, 0.5) is 0 Å². The fourth-order valence-corrected chi connectivity index (χ4v) is 4.72. The first-order valence-electron chi connectivity index (χ1n) is 10.6. The third-order valence-electron chi connectivity index (χ3n) is 5.53. The second-order valence-corrected chi connectivity index (χ2v) is 9.24. The standard InChI is InChI=1S/C25H27NO6S/c1-29-22-13-10-20(24(16-22)30-2)17-26-14-15-31-25(18-26)19-8-11-21(12-9-19)32-33(27,28)23-6-4-3-5-7-23/h3-13,16,25H,14-15,17-18H2,1-2H3/t25-/m1/s1. The molecular weight excluding hydrogens is 442 g/mol. The fourth-order valence-electron chi connectivity index (χ4n) is 3.77. The third kappa shape index (κ3) is 5.65. The van der Waals surface area contributed by atoms with Gasteiger partial charge >= 0.3 is 10.1 Å². The Morgan fingerprint density at radius 1 is 0.939 bits per heavy atom. The predicted octanol–water partition coefficient (Wildman–Crippen LogP) is 4.05. The number of benzene rings is 3. The molecule has 0 aromatic heterocycles. The molecule has 0 aliphatic carbocycles. The van der Waals surface area contributed by atoms with E-state index in [2.05, 4.69) is 4.90 Å². The summed E-state index contributed by atoms with van der Waals surface area (Å²) in [5.74, 6) is 1.81. The lowest BCUT2D eigenvalue weighted by atomic mass is 10.1. The average molecular weight is 470 g/mol. The van der Waals surface area contributed by atoms with E-state index >= 15 is 0 Å². The summed E-state index contributed by atoms with van der Waals surface area (Å²) in [5.41, 5.74) is 2.04. The Morgan fingerprint density at radius 2 is 1.67 bits per heavy atom. The van der Waals surface area contributed by atoms with Gasteiger partial charge in [-0.3, -0.25) is 4.90 Å². The van der Waals surface area contributed by atoms with Crippen LogP contribution in [0, 0.1) is 0 Å². The molecule has 3 aromatic carbocycles. The van der Waals surface area contributed by atoms with Crippen LogP contribution >= 0.6 is 0 Å². The summed E-state index contributed by atoms with van der Waals surface area (Å²) in [4.78, 5) is 2.43. The summed E-state index contributed by atoms with van der Waals surface area (Å²) in [7, 11) is -0.578. The van der Waals surface area contributed by atoms with Crippen LogP contribution in [0.2, 0.25) is 0 Å². The summed E-state index contributed by atoms with van der Waals surface area (Å²) < 4.78 is 46.9. The Labute approximate surface area is 194 Å². The third-order valence-corrected chi connectivity index (χ3v) is 6.79. The van der Waals surface area contributed by atoms with E-state index in [0.29, 0.717) is 13.2 Å². The zero-order chi connectivity index (χ0) is 23.3. The van der Waals surface area contributed by atoms with Crippen molar-refractivity contribution in [3.05, 3.63) is 83.9 Å². The van der Waals surface area contributed by atoms with Crippen LogP contribution in [0.25, 0.3) is 0 Å². The zero-order valence-electron chi connectivity index (χ0n) is 18.6. The Bertz CT molecular complexity index is 1170. The Kier molecular flexibility index (Phi) is 7.17. The molecular formula is C25H27NO6S. The molecule has 1 heterocycles. The summed E-state index contributed by atoms with van der Waals surface area (Å²) in [6.07, 6.45) is -0.122. The van der Waals surface area contributed by atoms with Crippen molar-refractivity contribution < 1.29 is 26.8 Å². The Balaban J connectivity index is 1.41. The summed E-state index contributed by atoms with van der Waals surface area (Å²) >= 11 is 0. The largest absolute Gasteiger partial charge is 0.497 e. The van der Waals surface area contributed by atoms with Gasteiger partial charge in [-0.1, -0.05) is 36.4 Å². The first-order chi connectivity index (χ1) is 16.0. The molecule has 1 aliphatic rings. The van der Waals surface area contributed by atoms with Gasteiger partial charge in [0.05, 0.1) is 26.9 Å². The molecule has 0 N–H and O–H groups in total. The van der Waals surface area contributed by atoms with Crippen LogP contribution in [-0.2, 0) is 21.4 Å². The second-order valence-electron chi connectivity index (χ2n) is 7.69. The lowest BCUT2D eigenvalue weighted by Crippen LogP contribution is -2.37. The topological polar surface area (TPSA) is 74.3 Å². The Morgan fingerprint density at radius 3 is 2.36 bits per heavy atom. The Hall–Kier alpha value is -3.07. The van der Waals surface area contributed by atoms with Gasteiger partial charge in [-0.05, 0) is 35.9 Å². The van der Waals surface area contributed by atoms with Crippen LogP contribution in [0.15, 0.2) is 77.7 Å². The number of methoxy groups -OCH3 is 2. The maximum absolute atomic E-state index is 12.4. The minimum Gasteiger partial charge on any atom is -0.497 e. The summed E-state index contributed by atoms with van der Waals surface area (Å²) in [5, 5.41) is 0. The number of ether oxygens (including phenoxy) is 3. The second kappa shape index (κ2) is 10.2. The minimum absolute atomic E-state index is 0.120. The molecule has 0 unspecified atom stereocenters. The highest BCUT2D eigenvalue weighted by molar-refractivity contribution is 7.87. The van der Waals surface area contributed by atoms with E-state index in [1.165, 1.54) is 12.1 Å². The molecule has 1 atom stereocenters. The highest BCUT2D eigenvalue weighted by Crippen LogP contribution is 2.29. The van der Waals surface area contributed by atoms with E-state index in [1.54, 1.807) is 44.6 Å². The van der Waals surface area contributed by atoms with E-state index in [0.717, 1.165) is 35.7 Å². The highest BCUT2D eigenvalue weighted by Gasteiger charge is 2.23. The zero-order valence-corrected chi connectivity index (χ0v) is 19.5. The van der Waals surface area contributed by atoms with Gasteiger partial charge < -0.3 is 18.4 Å². The van der Waals surface area contributed by atoms with Crippen molar-refractivity contribution in [2.75, 3.05) is 33.9 Å². The average Bonchev–Trinajstić information content (AvgIpc) is 2.85. The van der Waals surface area contributed by atoms with E-state index in [9.17, 15) is 8.42 Å². The molecule has 174 valence electrons. The SMILES string of the molecule is COc1ccc(CN2CCO[C@@H](c3ccc(OS(=O)(=O)c4ccccc4)cc3)C2)c(OC)c1. The van der Waals surface area contributed by atoms with Crippen LogP contribution in [0.5, 0.6) is 17.2 Å². The lowest BCUT2D eigenvalue weighted by Gasteiger charge is -2.33. The van der Waals surface area contributed by atoms with Gasteiger partial charge in [-0.25, -0.2) is 0 Å². The summed E-state index contributed by atoms with van der Waals surface area (Å²) in [6.45, 7) is 2.84. The first-order valence-corrected chi connectivity index (χ1v) is 12.0. The number of nitrogens with zero attached hydrogens (tertiary/aromatic N) is 1. The van der Waals surface area contributed by atoms with Crippen molar-refractivity contribution in [2.45, 2.75) is 17.5 Å². The minimum atomic E-state index is -3.87. The van der Waals surface area contributed by atoms with Crippen molar-refractivity contribution in [3.8, 4) is 17.2 Å². The van der Waals surface area contributed by atoms with Crippen molar-refractivity contribution in [2.24, 2.45) is 0 Å². The van der Waals surface area contributed by atoms with Crippen molar-refractivity contribution in [1.29, 1.82) is 0 Å². The van der Waals surface area contributed by atoms with E-state index in [1.807, 2.05) is 30.3 Å². The number of hydrogen-bond acceptors (Lipinski definition) is 7. The smallest absolute Gasteiger partial charge is 0.339 e. The molecule has 1 aliphatic heterocycles. The van der Waals surface area contributed by atoms with Gasteiger partial charge in [-0.2, -0.15) is 8.42 Å². The normalized spacial score (nSPS) is 16.8. The van der Waals surface area contributed by atoms with Crippen molar-refractivity contribution in [3.63, 3.8) is 0 Å². The lowest BCUT2D eigenvalue weighted by molar-refractivity contribution is -0.0331. The predicted molar refractivity (Wildman–Crippen MR) is 124 cm³/mol. The highest BCUT2D eigenvalue weighted by atomic mass is 32.2. The fraction of sp³-hybridized carbons (Fsp3) is 0.280.